The second-order valence-corrected chi connectivity index (χ2v) is 4.15. The second kappa shape index (κ2) is 5.44. The topological polar surface area (TPSA) is 68.3 Å². The first-order chi connectivity index (χ1) is 9.81. The van der Waals surface area contributed by atoms with Gasteiger partial charge in [-0.05, 0) is 24.3 Å². The predicted molar refractivity (Wildman–Crippen MR) is 73.6 cm³/mol. The van der Waals surface area contributed by atoms with E-state index in [4.69, 9.17) is 8.83 Å². The Kier molecular flexibility index (Phi) is 3.33. The quantitative estimate of drug-likeness (QED) is 0.739. The van der Waals surface area contributed by atoms with E-state index in [-0.39, 0.29) is 5.91 Å². The Morgan fingerprint density at radius 2 is 2.15 bits per heavy atom. The highest BCUT2D eigenvalue weighted by atomic mass is 16.3. The van der Waals surface area contributed by atoms with Crippen LogP contribution in [0.15, 0.2) is 57.6 Å². The molecule has 2 aromatic heterocycles. The number of oxazole rings is 1. The third kappa shape index (κ3) is 2.77. The van der Waals surface area contributed by atoms with Gasteiger partial charge < -0.3 is 14.2 Å². The predicted octanol–water partition coefficient (Wildman–Crippen LogP) is 2.75. The van der Waals surface area contributed by atoms with Gasteiger partial charge in [-0.25, -0.2) is 4.98 Å². The fourth-order valence-electron chi connectivity index (χ4n) is 1.75. The SMILES string of the molecule is O=C(/C=C/c1nc2ccccc2o1)NCc1ccco1. The van der Waals surface area contributed by atoms with Crippen molar-refractivity contribution in [3.05, 3.63) is 60.4 Å². The molecule has 0 saturated carbocycles. The molecule has 0 spiro atoms. The van der Waals surface area contributed by atoms with Crippen molar-refractivity contribution in [2.24, 2.45) is 0 Å². The molecule has 0 aliphatic heterocycles. The third-order valence-electron chi connectivity index (χ3n) is 2.70. The van der Waals surface area contributed by atoms with Crippen LogP contribution in [-0.4, -0.2) is 10.9 Å². The first-order valence-electron chi connectivity index (χ1n) is 6.15. The van der Waals surface area contributed by atoms with Crippen molar-refractivity contribution >= 4 is 23.1 Å². The number of nitrogens with zero attached hydrogens (tertiary/aromatic N) is 1. The summed E-state index contributed by atoms with van der Waals surface area (Å²) in [6.45, 7) is 0.351. The summed E-state index contributed by atoms with van der Waals surface area (Å²) in [4.78, 5) is 15.9. The molecule has 3 rings (SSSR count). The normalized spacial score (nSPS) is 11.2. The molecular weight excluding hydrogens is 256 g/mol. The minimum Gasteiger partial charge on any atom is -0.467 e. The molecule has 0 aliphatic carbocycles. The third-order valence-corrected chi connectivity index (χ3v) is 2.70. The van der Waals surface area contributed by atoms with Gasteiger partial charge in [0.25, 0.3) is 0 Å². The summed E-state index contributed by atoms with van der Waals surface area (Å²) >= 11 is 0. The number of benzene rings is 1. The number of hydrogen-bond donors (Lipinski definition) is 1. The number of amides is 1. The van der Waals surface area contributed by atoms with Crippen molar-refractivity contribution in [3.8, 4) is 0 Å². The van der Waals surface area contributed by atoms with Gasteiger partial charge in [0.05, 0.1) is 12.8 Å². The largest absolute Gasteiger partial charge is 0.467 e. The van der Waals surface area contributed by atoms with Crippen LogP contribution in [-0.2, 0) is 11.3 Å². The van der Waals surface area contributed by atoms with Gasteiger partial charge in [-0.3, -0.25) is 4.79 Å². The van der Waals surface area contributed by atoms with E-state index < -0.39 is 0 Å². The molecule has 0 fully saturated rings. The van der Waals surface area contributed by atoms with E-state index in [2.05, 4.69) is 10.3 Å². The van der Waals surface area contributed by atoms with Crippen molar-refractivity contribution in [2.75, 3.05) is 0 Å². The fourth-order valence-corrected chi connectivity index (χ4v) is 1.75. The van der Waals surface area contributed by atoms with Gasteiger partial charge in [-0.2, -0.15) is 0 Å². The molecule has 20 heavy (non-hydrogen) atoms. The van der Waals surface area contributed by atoms with Crippen LogP contribution in [0.4, 0.5) is 0 Å². The van der Waals surface area contributed by atoms with E-state index in [0.717, 1.165) is 5.52 Å². The zero-order valence-corrected chi connectivity index (χ0v) is 10.6. The van der Waals surface area contributed by atoms with Gasteiger partial charge >= 0.3 is 0 Å². The van der Waals surface area contributed by atoms with Crippen molar-refractivity contribution in [1.29, 1.82) is 0 Å². The summed E-state index contributed by atoms with van der Waals surface area (Å²) in [6.07, 6.45) is 4.49. The minimum atomic E-state index is -0.233. The maximum Gasteiger partial charge on any atom is 0.244 e. The molecule has 0 radical (unpaired) electrons. The number of carbonyl (C=O) groups excluding carboxylic acids is 1. The van der Waals surface area contributed by atoms with Crippen LogP contribution in [0.5, 0.6) is 0 Å². The number of carbonyl (C=O) groups is 1. The zero-order chi connectivity index (χ0) is 13.8. The Morgan fingerprint density at radius 1 is 1.25 bits per heavy atom. The first kappa shape index (κ1) is 12.2. The van der Waals surface area contributed by atoms with Crippen LogP contribution in [0.1, 0.15) is 11.7 Å². The monoisotopic (exact) mass is 268 g/mol. The van der Waals surface area contributed by atoms with Crippen LogP contribution in [0.2, 0.25) is 0 Å². The van der Waals surface area contributed by atoms with Crippen LogP contribution in [0, 0.1) is 0 Å². The summed E-state index contributed by atoms with van der Waals surface area (Å²) in [5.41, 5.74) is 1.46. The molecule has 0 atom stereocenters. The van der Waals surface area contributed by atoms with E-state index in [1.165, 1.54) is 12.2 Å². The van der Waals surface area contributed by atoms with Gasteiger partial charge in [0.15, 0.2) is 5.58 Å². The highest BCUT2D eigenvalue weighted by Gasteiger charge is 2.03. The molecule has 0 unspecified atom stereocenters. The number of nitrogens with one attached hydrogen (secondary N) is 1. The van der Waals surface area contributed by atoms with Crippen molar-refractivity contribution in [3.63, 3.8) is 0 Å². The Bertz CT molecular complexity index is 708. The number of fused-ring (bicyclic) bond motifs is 1. The highest BCUT2D eigenvalue weighted by molar-refractivity contribution is 5.91. The molecule has 1 N–H and O–H groups in total. The minimum absolute atomic E-state index is 0.233. The molecule has 0 saturated heterocycles. The van der Waals surface area contributed by atoms with Gasteiger partial charge in [0.2, 0.25) is 11.8 Å². The molecule has 1 amide bonds. The van der Waals surface area contributed by atoms with Gasteiger partial charge in [-0.15, -0.1) is 0 Å². The van der Waals surface area contributed by atoms with E-state index >= 15 is 0 Å². The highest BCUT2D eigenvalue weighted by Crippen LogP contribution is 2.15. The number of para-hydroxylation sites is 2. The lowest BCUT2D eigenvalue weighted by Gasteiger charge is -1.97. The lowest BCUT2D eigenvalue weighted by molar-refractivity contribution is -0.116. The van der Waals surface area contributed by atoms with Crippen molar-refractivity contribution in [2.45, 2.75) is 6.54 Å². The number of rotatable bonds is 4. The smallest absolute Gasteiger partial charge is 0.244 e. The summed E-state index contributed by atoms with van der Waals surface area (Å²) in [5, 5.41) is 2.70. The van der Waals surface area contributed by atoms with Crippen LogP contribution >= 0.6 is 0 Å². The van der Waals surface area contributed by atoms with E-state index in [1.807, 2.05) is 24.3 Å². The van der Waals surface area contributed by atoms with Crippen molar-refractivity contribution < 1.29 is 13.6 Å². The van der Waals surface area contributed by atoms with Gasteiger partial charge in [0.1, 0.15) is 11.3 Å². The van der Waals surface area contributed by atoms with E-state index in [9.17, 15) is 4.79 Å². The van der Waals surface area contributed by atoms with Crippen LogP contribution < -0.4 is 5.32 Å². The van der Waals surface area contributed by atoms with Gasteiger partial charge in [-0.1, -0.05) is 12.1 Å². The Labute approximate surface area is 114 Å². The standard InChI is InChI=1S/C15H12N2O3/c18-14(16-10-11-4-3-9-19-11)7-8-15-17-12-5-1-2-6-13(12)20-15/h1-9H,10H2,(H,16,18)/b8-7+. The lowest BCUT2D eigenvalue weighted by Crippen LogP contribution is -2.19. The van der Waals surface area contributed by atoms with Crippen LogP contribution in [0.25, 0.3) is 17.2 Å². The second-order valence-electron chi connectivity index (χ2n) is 4.15. The van der Waals surface area contributed by atoms with E-state index in [0.29, 0.717) is 23.8 Å². The summed E-state index contributed by atoms with van der Waals surface area (Å²) in [6, 6.07) is 11.0. The number of hydrogen-bond acceptors (Lipinski definition) is 4. The number of furan rings is 1. The molecule has 5 nitrogen and oxygen atoms in total. The molecule has 1 aromatic carbocycles. The average Bonchev–Trinajstić information content (AvgIpc) is 3.11. The Balaban J connectivity index is 1.62. The average molecular weight is 268 g/mol. The maximum absolute atomic E-state index is 11.6. The van der Waals surface area contributed by atoms with Crippen molar-refractivity contribution in [1.82, 2.24) is 10.3 Å². The summed E-state index contributed by atoms with van der Waals surface area (Å²) < 4.78 is 10.6. The zero-order valence-electron chi connectivity index (χ0n) is 10.6. The Morgan fingerprint density at radius 3 is 2.95 bits per heavy atom. The lowest BCUT2D eigenvalue weighted by atomic mass is 10.3. The molecule has 2 heterocycles. The molecule has 5 heteroatoms. The summed E-state index contributed by atoms with van der Waals surface area (Å²) in [7, 11) is 0. The fraction of sp³-hybridized carbons (Fsp3) is 0.0667. The molecule has 100 valence electrons. The first-order valence-corrected chi connectivity index (χ1v) is 6.15. The maximum atomic E-state index is 11.6. The Hall–Kier alpha value is -2.82. The van der Waals surface area contributed by atoms with E-state index in [1.54, 1.807) is 18.4 Å². The molecular formula is C15H12N2O3. The van der Waals surface area contributed by atoms with Crippen LogP contribution in [0.3, 0.4) is 0 Å². The molecule has 0 bridgehead atoms. The summed E-state index contributed by atoms with van der Waals surface area (Å²) in [5.74, 6) is 0.872. The van der Waals surface area contributed by atoms with Gasteiger partial charge in [0, 0.05) is 12.2 Å². The number of aromatic nitrogens is 1. The molecule has 3 aromatic rings. The molecule has 0 aliphatic rings.